The minimum absolute atomic E-state index is 0.0361. The van der Waals surface area contributed by atoms with Crippen LogP contribution in [0.4, 0.5) is 0 Å². The van der Waals surface area contributed by atoms with Gasteiger partial charge >= 0.3 is 5.97 Å². The fraction of sp³-hybridized carbons (Fsp3) is 0.538. The molecule has 1 aromatic heterocycles. The van der Waals surface area contributed by atoms with Gasteiger partial charge in [-0.15, -0.1) is 0 Å². The minimum atomic E-state index is -0.389. The van der Waals surface area contributed by atoms with Crippen molar-refractivity contribution in [2.24, 2.45) is 10.8 Å². The number of allylic oxidation sites excluding steroid dienone is 1. The van der Waals surface area contributed by atoms with Gasteiger partial charge in [-0.05, 0) is 50.8 Å². The highest BCUT2D eigenvalue weighted by molar-refractivity contribution is 6.14. The molecule has 3 heterocycles. The number of nitrogens with one attached hydrogen (secondary N) is 1. The van der Waals surface area contributed by atoms with Crippen molar-refractivity contribution in [3.63, 3.8) is 0 Å². The molecule has 9 heteroatoms. The molecule has 4 rings (SSSR count). The summed E-state index contributed by atoms with van der Waals surface area (Å²) in [6, 6.07) is 6.04. The molecule has 35 heavy (non-hydrogen) atoms. The molecule has 0 amide bonds. The number of carbonyl (C=O) groups excluding carboxylic acids is 1. The van der Waals surface area contributed by atoms with E-state index in [4.69, 9.17) is 20.3 Å². The van der Waals surface area contributed by atoms with E-state index < -0.39 is 0 Å². The normalized spacial score (nSPS) is 18.6. The van der Waals surface area contributed by atoms with Gasteiger partial charge in [-0.1, -0.05) is 13.8 Å². The monoisotopic (exact) mass is 483 g/mol. The number of fused-ring (bicyclic) bond motifs is 1. The van der Waals surface area contributed by atoms with Crippen molar-refractivity contribution in [1.82, 2.24) is 14.9 Å². The third kappa shape index (κ3) is 5.52. The van der Waals surface area contributed by atoms with Gasteiger partial charge in [0.25, 0.3) is 0 Å². The minimum Gasteiger partial charge on any atom is -0.494 e. The van der Waals surface area contributed by atoms with Gasteiger partial charge in [-0.25, -0.2) is 10.6 Å². The van der Waals surface area contributed by atoms with Crippen LogP contribution < -0.4 is 5.84 Å². The molecule has 0 radical (unpaired) electrons. The van der Waals surface area contributed by atoms with Gasteiger partial charge in [0.15, 0.2) is 5.88 Å². The van der Waals surface area contributed by atoms with Crippen molar-refractivity contribution in [2.75, 3.05) is 32.9 Å². The smallest absolute Gasteiger partial charge is 0.338 e. The second-order valence-electron chi connectivity index (χ2n) is 9.12. The fourth-order valence-electron chi connectivity index (χ4n) is 4.76. The Hall–Kier alpha value is -2.88. The van der Waals surface area contributed by atoms with Crippen LogP contribution in [-0.2, 0) is 9.47 Å². The summed E-state index contributed by atoms with van der Waals surface area (Å²) < 4.78 is 10.5. The number of aromatic nitrogens is 1. The van der Waals surface area contributed by atoms with Gasteiger partial charge in [0.2, 0.25) is 0 Å². The summed E-state index contributed by atoms with van der Waals surface area (Å²) in [6.45, 7) is 9.86. The van der Waals surface area contributed by atoms with Crippen molar-refractivity contribution in [3.8, 4) is 5.88 Å². The van der Waals surface area contributed by atoms with Gasteiger partial charge < -0.3 is 24.6 Å². The fourth-order valence-corrected chi connectivity index (χ4v) is 4.76. The van der Waals surface area contributed by atoms with Gasteiger partial charge in [-0.3, -0.25) is 9.89 Å². The Balaban J connectivity index is 1.56. The Morgan fingerprint density at radius 3 is 2.63 bits per heavy atom. The molecule has 0 aliphatic carbocycles. The average molecular weight is 484 g/mol. The number of nitrogens with two attached hydrogens (primary N) is 1. The number of H-pyrrole nitrogens is 1. The van der Waals surface area contributed by atoms with Crippen LogP contribution in [0.15, 0.2) is 35.1 Å². The largest absolute Gasteiger partial charge is 0.494 e. The lowest BCUT2D eigenvalue weighted by molar-refractivity contribution is -0.0748. The van der Waals surface area contributed by atoms with E-state index in [0.29, 0.717) is 36.6 Å². The molecule has 0 bridgehead atoms. The van der Waals surface area contributed by atoms with Crippen LogP contribution in [0.2, 0.25) is 0 Å². The zero-order valence-corrected chi connectivity index (χ0v) is 20.9. The molecule has 9 nitrogen and oxygen atoms in total. The number of aromatic amines is 1. The molecule has 0 unspecified atom stereocenters. The summed E-state index contributed by atoms with van der Waals surface area (Å²) in [5.74, 6) is 6.12. The Morgan fingerprint density at radius 2 is 2.03 bits per heavy atom. The van der Waals surface area contributed by atoms with Crippen molar-refractivity contribution < 1.29 is 19.4 Å². The molecule has 190 valence electrons. The zero-order chi connectivity index (χ0) is 24.9. The number of benzene rings is 1. The first-order chi connectivity index (χ1) is 16.9. The molecule has 2 aromatic rings. The number of aromatic hydroxyl groups is 1. The van der Waals surface area contributed by atoms with E-state index in [0.717, 1.165) is 61.5 Å². The van der Waals surface area contributed by atoms with Gasteiger partial charge in [-0.2, -0.15) is 0 Å². The van der Waals surface area contributed by atoms with Crippen LogP contribution in [-0.4, -0.2) is 76.7 Å². The summed E-state index contributed by atoms with van der Waals surface area (Å²) >= 11 is 0. The van der Waals surface area contributed by atoms with E-state index in [-0.39, 0.29) is 17.9 Å². The highest BCUT2D eigenvalue weighted by Gasteiger charge is 2.30. The molecule has 2 fully saturated rings. The Bertz CT molecular complexity index is 1100. The van der Waals surface area contributed by atoms with E-state index in [9.17, 15) is 9.90 Å². The Morgan fingerprint density at radius 1 is 1.29 bits per heavy atom. The third-order valence-electron chi connectivity index (χ3n) is 6.91. The van der Waals surface area contributed by atoms with E-state index in [1.807, 2.05) is 20.0 Å². The van der Waals surface area contributed by atoms with Gasteiger partial charge in [0.1, 0.15) is 0 Å². The summed E-state index contributed by atoms with van der Waals surface area (Å²) in [5.41, 5.74) is 3.35. The molecular weight excluding hydrogens is 446 g/mol. The molecule has 4 N–H and O–H groups in total. The van der Waals surface area contributed by atoms with Crippen LogP contribution in [0, 0.1) is 0 Å². The topological polar surface area (TPSA) is 116 Å². The molecule has 2 saturated heterocycles. The van der Waals surface area contributed by atoms with Crippen LogP contribution in [0.1, 0.15) is 62.4 Å². The van der Waals surface area contributed by atoms with E-state index >= 15 is 0 Å². The maximum atomic E-state index is 12.3. The third-order valence-corrected chi connectivity index (χ3v) is 6.91. The molecule has 2 aliphatic rings. The predicted octanol–water partition coefficient (Wildman–Crippen LogP) is 3.54. The standard InChI is InChI=1S/C26H37N5O4/c1-4-18(14-31(27)19-9-11-30(12-10-19)20-15-34-16-20)28-22(5-2)24-21-13-17(26(33)35-6-3)7-8-23(21)29-25(24)32/h7-8,13-14,19-20,29,32H,4-6,9-12,15-16,27H2,1-3H3/b18-14+,28-22?. The summed E-state index contributed by atoms with van der Waals surface area (Å²) in [4.78, 5) is 22.7. The number of hydrazine groups is 1. The molecule has 1 aromatic carbocycles. The lowest BCUT2D eigenvalue weighted by Gasteiger charge is -2.42. The van der Waals surface area contributed by atoms with Gasteiger partial charge in [0.05, 0.1) is 48.4 Å². The summed E-state index contributed by atoms with van der Waals surface area (Å²) in [7, 11) is 0. The number of hydrogen-bond acceptors (Lipinski definition) is 8. The summed E-state index contributed by atoms with van der Waals surface area (Å²) in [5, 5.41) is 13.3. The lowest BCUT2D eigenvalue weighted by Crippen LogP contribution is -2.54. The number of hydrogen-bond donors (Lipinski definition) is 3. The van der Waals surface area contributed by atoms with E-state index in [2.05, 4.69) is 9.88 Å². The highest BCUT2D eigenvalue weighted by Crippen LogP contribution is 2.31. The first-order valence-electron chi connectivity index (χ1n) is 12.6. The quantitative estimate of drug-likeness (QED) is 0.216. The predicted molar refractivity (Wildman–Crippen MR) is 136 cm³/mol. The number of piperidine rings is 1. The summed E-state index contributed by atoms with van der Waals surface area (Å²) in [6.07, 6.45) is 5.24. The van der Waals surface area contributed by atoms with Crippen LogP contribution >= 0.6 is 0 Å². The first kappa shape index (κ1) is 25.2. The van der Waals surface area contributed by atoms with E-state index in [1.54, 1.807) is 30.1 Å². The maximum Gasteiger partial charge on any atom is 0.338 e. The second kappa shape index (κ2) is 11.2. The molecule has 0 saturated carbocycles. The number of ether oxygens (including phenoxy) is 2. The Kier molecular flexibility index (Phi) is 8.10. The highest BCUT2D eigenvalue weighted by atomic mass is 16.5. The number of esters is 1. The van der Waals surface area contributed by atoms with Crippen LogP contribution in [0.5, 0.6) is 5.88 Å². The Labute approximate surface area is 206 Å². The zero-order valence-electron chi connectivity index (χ0n) is 20.9. The van der Waals surface area contributed by atoms with E-state index in [1.165, 1.54) is 0 Å². The first-order valence-corrected chi connectivity index (χ1v) is 12.6. The van der Waals surface area contributed by atoms with Crippen molar-refractivity contribution in [2.45, 2.75) is 58.5 Å². The van der Waals surface area contributed by atoms with Crippen molar-refractivity contribution in [1.29, 1.82) is 0 Å². The SMILES string of the molecule is CCOC(=O)c1ccc2[nH]c(O)c(C(CC)=N/C(=C/N(N)C3CCN(C4COC4)CC3)CC)c2c1. The lowest BCUT2D eigenvalue weighted by atomic mass is 10.0. The number of aliphatic imine (C=N–C) groups is 1. The second-order valence-corrected chi connectivity index (χ2v) is 9.12. The molecule has 0 spiro atoms. The van der Waals surface area contributed by atoms with Gasteiger partial charge in [0, 0.05) is 36.2 Å². The van der Waals surface area contributed by atoms with Crippen molar-refractivity contribution in [3.05, 3.63) is 41.2 Å². The number of carbonyl (C=O) groups is 1. The molecule has 2 aliphatic heterocycles. The van der Waals surface area contributed by atoms with Crippen LogP contribution in [0.25, 0.3) is 10.9 Å². The molecular formula is C26H37N5O4. The number of rotatable bonds is 9. The molecule has 0 atom stereocenters. The number of likely N-dealkylation sites (tertiary alicyclic amines) is 1. The van der Waals surface area contributed by atoms with Crippen molar-refractivity contribution >= 4 is 22.6 Å². The van der Waals surface area contributed by atoms with Crippen LogP contribution in [0.3, 0.4) is 0 Å². The maximum absolute atomic E-state index is 12.3. The average Bonchev–Trinajstić information content (AvgIpc) is 3.16. The number of nitrogens with zero attached hydrogens (tertiary/aromatic N) is 3.